The third-order valence-electron chi connectivity index (χ3n) is 5.83. The van der Waals surface area contributed by atoms with E-state index >= 15 is 0 Å². The summed E-state index contributed by atoms with van der Waals surface area (Å²) in [6.07, 6.45) is 0.217. The molecule has 0 saturated carbocycles. The Morgan fingerprint density at radius 2 is 1.31 bits per heavy atom. The van der Waals surface area contributed by atoms with Gasteiger partial charge in [0.2, 0.25) is 0 Å². The van der Waals surface area contributed by atoms with Crippen LogP contribution in [0.1, 0.15) is 22.7 Å². The van der Waals surface area contributed by atoms with E-state index in [2.05, 4.69) is 109 Å². The maximum absolute atomic E-state index is 6.50. The minimum Gasteiger partial charge on any atom is -0.487 e. The van der Waals surface area contributed by atoms with Crippen molar-refractivity contribution in [1.82, 2.24) is 4.90 Å². The highest BCUT2D eigenvalue weighted by molar-refractivity contribution is 5.89. The highest BCUT2D eigenvalue weighted by atomic mass is 16.5. The second kappa shape index (κ2) is 7.73. The van der Waals surface area contributed by atoms with Gasteiger partial charge in [-0.25, -0.2) is 0 Å². The van der Waals surface area contributed by atoms with Gasteiger partial charge in [0.1, 0.15) is 11.9 Å². The number of nitrogens with zero attached hydrogens (tertiary/aromatic N) is 1. The van der Waals surface area contributed by atoms with Gasteiger partial charge in [0.15, 0.2) is 0 Å². The van der Waals surface area contributed by atoms with Crippen LogP contribution in [0, 0.1) is 6.92 Å². The Hall–Kier alpha value is -3.10. The van der Waals surface area contributed by atoms with Gasteiger partial charge in [0.25, 0.3) is 0 Å². The lowest BCUT2D eigenvalue weighted by atomic mass is 9.94. The normalized spacial score (nSPS) is 14.8. The quantitative estimate of drug-likeness (QED) is 0.422. The lowest BCUT2D eigenvalue weighted by Gasteiger charge is -2.44. The van der Waals surface area contributed by atoms with E-state index in [1.807, 2.05) is 0 Å². The first kappa shape index (κ1) is 18.0. The van der Waals surface area contributed by atoms with E-state index in [1.54, 1.807) is 0 Å². The number of hydrogen-bond donors (Lipinski definition) is 0. The monoisotopic (exact) mass is 379 g/mol. The number of rotatable bonds is 5. The van der Waals surface area contributed by atoms with Crippen LogP contribution < -0.4 is 4.74 Å². The lowest BCUT2D eigenvalue weighted by molar-refractivity contribution is 0.000780. The summed E-state index contributed by atoms with van der Waals surface area (Å²) in [7, 11) is 0. The van der Waals surface area contributed by atoms with E-state index in [1.165, 1.54) is 27.5 Å². The molecule has 0 aliphatic carbocycles. The second-order valence-electron chi connectivity index (χ2n) is 7.85. The first-order valence-electron chi connectivity index (χ1n) is 10.3. The van der Waals surface area contributed by atoms with Gasteiger partial charge in [-0.2, -0.15) is 0 Å². The maximum Gasteiger partial charge on any atom is 0.130 e. The Morgan fingerprint density at radius 3 is 1.97 bits per heavy atom. The molecule has 0 bridgehead atoms. The zero-order chi connectivity index (χ0) is 19.6. The largest absolute Gasteiger partial charge is 0.487 e. The molecule has 1 saturated heterocycles. The van der Waals surface area contributed by atoms with E-state index in [4.69, 9.17) is 4.74 Å². The molecule has 0 amide bonds. The average Bonchev–Trinajstić information content (AvgIpc) is 2.75. The Labute approximate surface area is 172 Å². The van der Waals surface area contributed by atoms with Crippen LogP contribution in [-0.2, 0) is 0 Å². The molecule has 0 atom stereocenters. The average molecular weight is 380 g/mol. The van der Waals surface area contributed by atoms with Crippen LogP contribution >= 0.6 is 0 Å². The smallest absolute Gasteiger partial charge is 0.130 e. The van der Waals surface area contributed by atoms with Gasteiger partial charge < -0.3 is 4.74 Å². The van der Waals surface area contributed by atoms with Crippen molar-refractivity contribution in [1.29, 1.82) is 0 Å². The summed E-state index contributed by atoms with van der Waals surface area (Å²) in [5, 5.41) is 2.43. The van der Waals surface area contributed by atoms with Crippen molar-refractivity contribution in [3.63, 3.8) is 0 Å². The Morgan fingerprint density at radius 1 is 0.724 bits per heavy atom. The summed E-state index contributed by atoms with van der Waals surface area (Å²) in [6.45, 7) is 3.99. The molecule has 0 aromatic heterocycles. The predicted octanol–water partition coefficient (Wildman–Crippen LogP) is 6.00. The summed E-state index contributed by atoms with van der Waals surface area (Å²) in [6, 6.07) is 34.6. The van der Waals surface area contributed by atoms with Gasteiger partial charge >= 0.3 is 0 Å². The Balaban J connectivity index is 1.38. The van der Waals surface area contributed by atoms with Crippen molar-refractivity contribution in [3.8, 4) is 5.75 Å². The fourth-order valence-electron chi connectivity index (χ4n) is 4.31. The highest BCUT2D eigenvalue weighted by Crippen LogP contribution is 2.36. The topological polar surface area (TPSA) is 12.5 Å². The molecule has 0 unspecified atom stereocenters. The van der Waals surface area contributed by atoms with Crippen LogP contribution in [0.3, 0.4) is 0 Å². The molecular formula is C27H25NO. The minimum absolute atomic E-state index is 0.217. The zero-order valence-corrected chi connectivity index (χ0v) is 16.7. The van der Waals surface area contributed by atoms with Crippen LogP contribution in [0.2, 0.25) is 0 Å². The summed E-state index contributed by atoms with van der Waals surface area (Å²) < 4.78 is 6.50. The van der Waals surface area contributed by atoms with E-state index in [9.17, 15) is 0 Å². The van der Waals surface area contributed by atoms with Crippen LogP contribution in [0.5, 0.6) is 5.75 Å². The Bertz CT molecular complexity index is 1060. The number of benzene rings is 4. The van der Waals surface area contributed by atoms with Crippen molar-refractivity contribution in [2.45, 2.75) is 19.1 Å². The van der Waals surface area contributed by atoms with Crippen molar-refractivity contribution in [2.75, 3.05) is 13.1 Å². The van der Waals surface area contributed by atoms with Crippen molar-refractivity contribution in [3.05, 3.63) is 114 Å². The zero-order valence-electron chi connectivity index (χ0n) is 16.7. The SMILES string of the molecule is Cc1ccc2ccccc2c1OC1CN(C(c2ccccc2)c2ccccc2)C1. The number of ether oxygens (including phenoxy) is 1. The van der Waals surface area contributed by atoms with E-state index in [0.717, 1.165) is 18.8 Å². The third-order valence-corrected chi connectivity index (χ3v) is 5.83. The number of fused-ring (bicyclic) bond motifs is 1. The molecule has 0 N–H and O–H groups in total. The van der Waals surface area contributed by atoms with Gasteiger partial charge in [0, 0.05) is 18.5 Å². The molecule has 29 heavy (non-hydrogen) atoms. The molecule has 1 aliphatic heterocycles. The van der Waals surface area contributed by atoms with E-state index < -0.39 is 0 Å². The predicted molar refractivity (Wildman–Crippen MR) is 119 cm³/mol. The van der Waals surface area contributed by atoms with Gasteiger partial charge in [0.05, 0.1) is 6.04 Å². The number of hydrogen-bond acceptors (Lipinski definition) is 2. The fourth-order valence-corrected chi connectivity index (χ4v) is 4.31. The van der Waals surface area contributed by atoms with E-state index in [0.29, 0.717) is 0 Å². The molecular weight excluding hydrogens is 354 g/mol. The van der Waals surface area contributed by atoms with Crippen LogP contribution in [-0.4, -0.2) is 24.1 Å². The number of aryl methyl sites for hydroxylation is 1. The van der Waals surface area contributed by atoms with Crippen molar-refractivity contribution in [2.24, 2.45) is 0 Å². The fraction of sp³-hybridized carbons (Fsp3) is 0.185. The first-order chi connectivity index (χ1) is 14.3. The second-order valence-corrected chi connectivity index (χ2v) is 7.85. The third kappa shape index (κ3) is 3.52. The molecule has 5 rings (SSSR count). The van der Waals surface area contributed by atoms with Crippen molar-refractivity contribution >= 4 is 10.8 Å². The standard InChI is InChI=1S/C27H25NO/c1-20-16-17-21-10-8-9-15-25(21)27(20)29-24-18-28(19-24)26(22-11-4-2-5-12-22)23-13-6-3-7-14-23/h2-17,24,26H,18-19H2,1H3. The van der Waals surface area contributed by atoms with E-state index in [-0.39, 0.29) is 12.1 Å². The van der Waals surface area contributed by atoms with Crippen LogP contribution in [0.4, 0.5) is 0 Å². The summed E-state index contributed by atoms with van der Waals surface area (Å²) in [5.74, 6) is 1.03. The first-order valence-corrected chi connectivity index (χ1v) is 10.3. The minimum atomic E-state index is 0.217. The molecule has 0 spiro atoms. The molecule has 0 radical (unpaired) electrons. The summed E-state index contributed by atoms with van der Waals surface area (Å²) in [5.41, 5.74) is 3.86. The molecule has 2 heteroatoms. The molecule has 4 aromatic carbocycles. The van der Waals surface area contributed by atoms with Crippen LogP contribution in [0.15, 0.2) is 97.1 Å². The van der Waals surface area contributed by atoms with Gasteiger partial charge in [-0.05, 0) is 29.0 Å². The highest BCUT2D eigenvalue weighted by Gasteiger charge is 2.35. The molecule has 1 aliphatic rings. The van der Waals surface area contributed by atoms with Gasteiger partial charge in [-0.15, -0.1) is 0 Å². The number of likely N-dealkylation sites (tertiary alicyclic amines) is 1. The maximum atomic E-state index is 6.50. The molecule has 4 aromatic rings. The van der Waals surface area contributed by atoms with Gasteiger partial charge in [-0.3, -0.25) is 4.90 Å². The van der Waals surface area contributed by atoms with Crippen LogP contribution in [0.25, 0.3) is 10.8 Å². The van der Waals surface area contributed by atoms with Crippen molar-refractivity contribution < 1.29 is 4.74 Å². The van der Waals surface area contributed by atoms with Gasteiger partial charge in [-0.1, -0.05) is 97.1 Å². The lowest BCUT2D eigenvalue weighted by Crippen LogP contribution is -2.55. The molecule has 2 nitrogen and oxygen atoms in total. The summed E-state index contributed by atoms with van der Waals surface area (Å²) >= 11 is 0. The molecule has 144 valence electrons. The molecule has 1 fully saturated rings. The molecule has 1 heterocycles. The Kier molecular flexibility index (Phi) is 4.79. The summed E-state index contributed by atoms with van der Waals surface area (Å²) in [4.78, 5) is 2.51.